The topological polar surface area (TPSA) is 52.9 Å². The van der Waals surface area contributed by atoms with E-state index in [0.29, 0.717) is 0 Å². The summed E-state index contributed by atoms with van der Waals surface area (Å²) < 4.78 is 6.54. The summed E-state index contributed by atoms with van der Waals surface area (Å²) in [5, 5.41) is 21.0. The summed E-state index contributed by atoms with van der Waals surface area (Å²) in [6.45, 7) is 0.838. The minimum Gasteiger partial charge on any atom is -0.508 e. The Hall–Kier alpha value is -2.82. The van der Waals surface area contributed by atoms with Crippen molar-refractivity contribution < 1.29 is 14.9 Å². The zero-order valence-electron chi connectivity index (χ0n) is 14.8. The van der Waals surface area contributed by atoms with Gasteiger partial charge in [0.1, 0.15) is 23.8 Å². The third-order valence-electron chi connectivity index (χ3n) is 5.68. The van der Waals surface area contributed by atoms with Crippen molar-refractivity contribution in [1.82, 2.24) is 4.90 Å². The lowest BCUT2D eigenvalue weighted by molar-refractivity contribution is -0.00834. The van der Waals surface area contributed by atoms with Crippen LogP contribution in [0.2, 0.25) is 0 Å². The molecule has 3 aromatic carbocycles. The second-order valence-corrected chi connectivity index (χ2v) is 7.16. The van der Waals surface area contributed by atoms with E-state index in [2.05, 4.69) is 23.1 Å². The van der Waals surface area contributed by atoms with Gasteiger partial charge in [-0.15, -0.1) is 0 Å². The predicted octanol–water partition coefficient (Wildman–Crippen LogP) is 4.47. The maximum Gasteiger partial charge on any atom is 0.138 e. The van der Waals surface area contributed by atoms with E-state index >= 15 is 0 Å². The number of ether oxygens (including phenoxy) is 1. The standard InChI is InChI=1S/C23H21NO3/c25-19-11-5-3-9-17(19)21-22(18-10-4-6-12-20(18)26)27-23-16-8-2-1-7-15(16)13-14-24(21)23/h1-12,21-23,25-26H,13-14H2/t21?,22?,23-/m1/s1. The van der Waals surface area contributed by atoms with Crippen molar-refractivity contribution in [3.05, 3.63) is 95.1 Å². The van der Waals surface area contributed by atoms with Gasteiger partial charge in [0.05, 0.1) is 6.04 Å². The van der Waals surface area contributed by atoms with Crippen LogP contribution in [-0.2, 0) is 11.2 Å². The molecule has 4 heteroatoms. The van der Waals surface area contributed by atoms with Crippen LogP contribution in [0.15, 0.2) is 72.8 Å². The number of nitrogens with zero attached hydrogens (tertiary/aromatic N) is 1. The van der Waals surface area contributed by atoms with Crippen LogP contribution >= 0.6 is 0 Å². The highest BCUT2D eigenvalue weighted by molar-refractivity contribution is 5.43. The van der Waals surface area contributed by atoms with Crippen molar-refractivity contribution in [2.24, 2.45) is 0 Å². The summed E-state index contributed by atoms with van der Waals surface area (Å²) in [4.78, 5) is 2.30. The molecular formula is C23H21NO3. The van der Waals surface area contributed by atoms with Gasteiger partial charge < -0.3 is 14.9 Å². The Bertz CT molecular complexity index is 987. The summed E-state index contributed by atoms with van der Waals surface area (Å²) in [5.74, 6) is 0.474. The second kappa shape index (κ2) is 6.41. The van der Waals surface area contributed by atoms with Gasteiger partial charge in [-0.25, -0.2) is 0 Å². The van der Waals surface area contributed by atoms with Crippen molar-refractivity contribution >= 4 is 0 Å². The third kappa shape index (κ3) is 2.60. The first-order chi connectivity index (χ1) is 13.2. The van der Waals surface area contributed by atoms with Crippen molar-refractivity contribution in [3.8, 4) is 11.5 Å². The van der Waals surface area contributed by atoms with E-state index in [9.17, 15) is 10.2 Å². The Morgan fingerprint density at radius 1 is 0.741 bits per heavy atom. The summed E-state index contributed by atoms with van der Waals surface area (Å²) in [6.07, 6.45) is 0.382. The fourth-order valence-electron chi connectivity index (χ4n) is 4.42. The van der Waals surface area contributed by atoms with Crippen LogP contribution in [0.1, 0.15) is 40.6 Å². The number of hydrogen-bond donors (Lipinski definition) is 2. The number of aromatic hydroxyl groups is 2. The summed E-state index contributed by atoms with van der Waals surface area (Å²) in [6, 6.07) is 22.9. The molecule has 2 unspecified atom stereocenters. The Morgan fingerprint density at radius 3 is 2.04 bits per heavy atom. The molecule has 136 valence electrons. The average molecular weight is 359 g/mol. The van der Waals surface area contributed by atoms with Gasteiger partial charge in [0, 0.05) is 17.7 Å². The first kappa shape index (κ1) is 16.4. The van der Waals surface area contributed by atoms with Crippen molar-refractivity contribution in [2.75, 3.05) is 6.54 Å². The van der Waals surface area contributed by atoms with E-state index in [0.717, 1.165) is 24.1 Å². The molecule has 2 heterocycles. The first-order valence-corrected chi connectivity index (χ1v) is 9.29. The Kier molecular flexibility index (Phi) is 3.88. The summed E-state index contributed by atoms with van der Waals surface area (Å²) in [5.41, 5.74) is 4.04. The van der Waals surface area contributed by atoms with Crippen LogP contribution in [0.25, 0.3) is 0 Å². The molecular weight excluding hydrogens is 338 g/mol. The maximum atomic E-state index is 10.5. The second-order valence-electron chi connectivity index (χ2n) is 7.16. The molecule has 1 saturated heterocycles. The van der Waals surface area contributed by atoms with Gasteiger partial charge in [-0.05, 0) is 29.7 Å². The van der Waals surface area contributed by atoms with Gasteiger partial charge in [0.2, 0.25) is 0 Å². The molecule has 4 nitrogen and oxygen atoms in total. The number of benzene rings is 3. The zero-order chi connectivity index (χ0) is 18.4. The monoisotopic (exact) mass is 359 g/mol. The lowest BCUT2D eigenvalue weighted by Gasteiger charge is -2.34. The van der Waals surface area contributed by atoms with Gasteiger partial charge in [-0.3, -0.25) is 4.90 Å². The molecule has 0 aromatic heterocycles. The lowest BCUT2D eigenvalue weighted by Crippen LogP contribution is -2.33. The maximum absolute atomic E-state index is 10.5. The minimum absolute atomic E-state index is 0.169. The SMILES string of the molecule is Oc1ccccc1C1O[C@@H]2c3ccccc3CCN2C1c1ccccc1O. The highest BCUT2D eigenvalue weighted by atomic mass is 16.5. The van der Waals surface area contributed by atoms with E-state index < -0.39 is 0 Å². The fraction of sp³-hybridized carbons (Fsp3) is 0.217. The quantitative estimate of drug-likeness (QED) is 0.709. The molecule has 1 fully saturated rings. The normalized spacial score (nSPS) is 24.4. The molecule has 5 rings (SSSR count). The summed E-state index contributed by atoms with van der Waals surface area (Å²) >= 11 is 0. The molecule has 2 aliphatic heterocycles. The minimum atomic E-state index is -0.365. The van der Waals surface area contributed by atoms with E-state index in [1.54, 1.807) is 12.1 Å². The van der Waals surface area contributed by atoms with Crippen LogP contribution in [0, 0.1) is 0 Å². The smallest absolute Gasteiger partial charge is 0.138 e. The van der Waals surface area contributed by atoms with Gasteiger partial charge in [-0.2, -0.15) is 0 Å². The third-order valence-corrected chi connectivity index (χ3v) is 5.68. The van der Waals surface area contributed by atoms with Crippen LogP contribution in [0.4, 0.5) is 0 Å². The predicted molar refractivity (Wildman–Crippen MR) is 102 cm³/mol. The Balaban J connectivity index is 1.66. The van der Waals surface area contributed by atoms with E-state index in [4.69, 9.17) is 4.74 Å². The molecule has 0 radical (unpaired) electrons. The molecule has 0 spiro atoms. The largest absolute Gasteiger partial charge is 0.508 e. The van der Waals surface area contributed by atoms with Gasteiger partial charge in [0.25, 0.3) is 0 Å². The van der Waals surface area contributed by atoms with Crippen LogP contribution in [-0.4, -0.2) is 21.7 Å². The molecule has 27 heavy (non-hydrogen) atoms. The number of phenolic OH excluding ortho intramolecular Hbond substituents is 2. The van der Waals surface area contributed by atoms with E-state index in [1.807, 2.05) is 42.5 Å². The van der Waals surface area contributed by atoms with E-state index in [-0.39, 0.29) is 29.9 Å². The van der Waals surface area contributed by atoms with Crippen molar-refractivity contribution in [3.63, 3.8) is 0 Å². The highest BCUT2D eigenvalue weighted by Crippen LogP contribution is 2.54. The molecule has 0 amide bonds. The average Bonchev–Trinajstić information content (AvgIpc) is 3.08. The van der Waals surface area contributed by atoms with Crippen molar-refractivity contribution in [1.29, 1.82) is 0 Å². The van der Waals surface area contributed by atoms with Crippen LogP contribution < -0.4 is 0 Å². The highest BCUT2D eigenvalue weighted by Gasteiger charge is 2.47. The van der Waals surface area contributed by atoms with Gasteiger partial charge in [0.15, 0.2) is 0 Å². The first-order valence-electron chi connectivity index (χ1n) is 9.29. The molecule has 2 N–H and O–H groups in total. The molecule has 3 aromatic rings. The van der Waals surface area contributed by atoms with Crippen LogP contribution in [0.5, 0.6) is 11.5 Å². The number of phenols is 2. The fourth-order valence-corrected chi connectivity index (χ4v) is 4.42. The number of para-hydroxylation sites is 2. The molecule has 0 bridgehead atoms. The van der Waals surface area contributed by atoms with Gasteiger partial charge >= 0.3 is 0 Å². The lowest BCUT2D eigenvalue weighted by atomic mass is 9.92. The number of rotatable bonds is 2. The van der Waals surface area contributed by atoms with Gasteiger partial charge in [-0.1, -0.05) is 60.7 Å². The number of fused-ring (bicyclic) bond motifs is 3. The zero-order valence-corrected chi connectivity index (χ0v) is 14.8. The molecule has 0 aliphatic carbocycles. The van der Waals surface area contributed by atoms with Crippen LogP contribution in [0.3, 0.4) is 0 Å². The molecule has 0 saturated carbocycles. The Morgan fingerprint density at radius 2 is 1.33 bits per heavy atom. The molecule has 2 aliphatic rings. The molecule has 3 atom stereocenters. The van der Waals surface area contributed by atoms with Crippen molar-refractivity contribution in [2.45, 2.75) is 24.8 Å². The number of hydrogen-bond acceptors (Lipinski definition) is 4. The summed E-state index contributed by atoms with van der Waals surface area (Å²) in [7, 11) is 0. The Labute approximate surface area is 158 Å². The van der Waals surface area contributed by atoms with E-state index in [1.165, 1.54) is 11.1 Å².